The molecule has 0 bridgehead atoms. The van der Waals surface area contributed by atoms with Gasteiger partial charge in [0.2, 0.25) is 0 Å². The van der Waals surface area contributed by atoms with Crippen LogP contribution in [0.4, 0.5) is 0 Å². The van der Waals surface area contributed by atoms with Crippen molar-refractivity contribution in [3.63, 3.8) is 0 Å². The molecule has 1 aromatic rings. The summed E-state index contributed by atoms with van der Waals surface area (Å²) in [6.45, 7) is 8.52. The number of nitrogens with one attached hydrogen (secondary N) is 1. The van der Waals surface area contributed by atoms with Gasteiger partial charge in [0.15, 0.2) is 0 Å². The molecule has 0 spiro atoms. The lowest BCUT2D eigenvalue weighted by atomic mass is 10.2. The molecule has 1 aromatic heterocycles. The van der Waals surface area contributed by atoms with Gasteiger partial charge < -0.3 is 10.1 Å². The highest BCUT2D eigenvalue weighted by molar-refractivity contribution is 7.11. The van der Waals surface area contributed by atoms with E-state index in [1.807, 2.05) is 6.20 Å². The fourth-order valence-corrected chi connectivity index (χ4v) is 2.36. The number of aromatic nitrogens is 1. The third kappa shape index (κ3) is 3.54. The van der Waals surface area contributed by atoms with E-state index in [4.69, 9.17) is 4.74 Å². The van der Waals surface area contributed by atoms with E-state index in [9.17, 15) is 0 Å². The molecular formula is C12H22N2OS. The first kappa shape index (κ1) is 13.6. The lowest BCUT2D eigenvalue weighted by Crippen LogP contribution is -2.38. The Morgan fingerprint density at radius 3 is 2.62 bits per heavy atom. The molecule has 1 heterocycles. The molecule has 0 radical (unpaired) electrons. The number of rotatable bonds is 6. The summed E-state index contributed by atoms with van der Waals surface area (Å²) in [4.78, 5) is 5.78. The number of methoxy groups -OCH3 is 1. The highest BCUT2D eigenvalue weighted by atomic mass is 32.1. The predicted molar refractivity (Wildman–Crippen MR) is 69.0 cm³/mol. The first-order valence-corrected chi connectivity index (χ1v) is 6.63. The van der Waals surface area contributed by atoms with Gasteiger partial charge in [-0.05, 0) is 27.2 Å². The minimum atomic E-state index is 0.216. The summed E-state index contributed by atoms with van der Waals surface area (Å²) in [6, 6.07) is 0.617. The molecule has 3 unspecified atom stereocenters. The molecule has 0 aliphatic carbocycles. The van der Waals surface area contributed by atoms with Crippen molar-refractivity contribution in [1.82, 2.24) is 10.3 Å². The molecule has 92 valence electrons. The summed E-state index contributed by atoms with van der Waals surface area (Å²) in [5.74, 6) is 0. The fraction of sp³-hybridized carbons (Fsp3) is 0.750. The Kier molecular flexibility index (Phi) is 5.38. The van der Waals surface area contributed by atoms with Crippen molar-refractivity contribution >= 4 is 11.3 Å². The molecule has 0 saturated carbocycles. The standard InChI is InChI=1S/C12H22N2OS/c1-6-11-7-13-12(16-11)9(3)14-8(2)10(4)15-5/h7-10,14H,6H2,1-5H3. The van der Waals surface area contributed by atoms with E-state index in [0.717, 1.165) is 11.4 Å². The van der Waals surface area contributed by atoms with Crippen LogP contribution in [-0.4, -0.2) is 24.2 Å². The zero-order chi connectivity index (χ0) is 12.1. The molecule has 1 rings (SSSR count). The molecule has 0 saturated heterocycles. The largest absolute Gasteiger partial charge is 0.380 e. The third-order valence-corrected chi connectivity index (χ3v) is 4.20. The predicted octanol–water partition coefficient (Wildman–Crippen LogP) is 2.78. The van der Waals surface area contributed by atoms with Crippen LogP contribution in [0.3, 0.4) is 0 Å². The van der Waals surface area contributed by atoms with E-state index in [0.29, 0.717) is 6.04 Å². The zero-order valence-electron chi connectivity index (χ0n) is 10.8. The van der Waals surface area contributed by atoms with Gasteiger partial charge >= 0.3 is 0 Å². The quantitative estimate of drug-likeness (QED) is 0.833. The van der Waals surface area contributed by atoms with Crippen LogP contribution in [0.15, 0.2) is 6.20 Å². The van der Waals surface area contributed by atoms with E-state index in [-0.39, 0.29) is 12.1 Å². The molecule has 0 amide bonds. The Labute approximate surface area is 102 Å². The maximum Gasteiger partial charge on any atom is 0.109 e. The Morgan fingerprint density at radius 1 is 1.44 bits per heavy atom. The van der Waals surface area contributed by atoms with Gasteiger partial charge in [0.05, 0.1) is 12.1 Å². The molecule has 0 aliphatic heterocycles. The lowest BCUT2D eigenvalue weighted by Gasteiger charge is -2.23. The summed E-state index contributed by atoms with van der Waals surface area (Å²) in [6.07, 6.45) is 3.25. The Balaban J connectivity index is 2.54. The number of ether oxygens (including phenoxy) is 1. The minimum Gasteiger partial charge on any atom is -0.380 e. The topological polar surface area (TPSA) is 34.2 Å². The number of hydrogen-bond acceptors (Lipinski definition) is 4. The summed E-state index contributed by atoms with van der Waals surface area (Å²) in [5, 5.41) is 4.67. The molecule has 4 heteroatoms. The van der Waals surface area contributed by atoms with Crippen LogP contribution in [0.25, 0.3) is 0 Å². The van der Waals surface area contributed by atoms with Crippen LogP contribution in [-0.2, 0) is 11.2 Å². The summed E-state index contributed by atoms with van der Waals surface area (Å²) < 4.78 is 5.30. The van der Waals surface area contributed by atoms with Gasteiger partial charge in [-0.3, -0.25) is 0 Å². The Hall–Kier alpha value is -0.450. The maximum atomic E-state index is 5.30. The van der Waals surface area contributed by atoms with Crippen LogP contribution >= 0.6 is 11.3 Å². The van der Waals surface area contributed by atoms with Crippen molar-refractivity contribution in [2.24, 2.45) is 0 Å². The van der Waals surface area contributed by atoms with E-state index in [1.54, 1.807) is 18.4 Å². The normalized spacial score (nSPS) is 17.1. The van der Waals surface area contributed by atoms with Gasteiger partial charge in [-0.25, -0.2) is 4.98 Å². The number of nitrogens with zero attached hydrogens (tertiary/aromatic N) is 1. The number of aryl methyl sites for hydroxylation is 1. The summed E-state index contributed by atoms with van der Waals surface area (Å²) in [7, 11) is 1.74. The zero-order valence-corrected chi connectivity index (χ0v) is 11.6. The van der Waals surface area contributed by atoms with Crippen molar-refractivity contribution in [1.29, 1.82) is 0 Å². The average molecular weight is 242 g/mol. The van der Waals surface area contributed by atoms with Crippen LogP contribution in [0.2, 0.25) is 0 Å². The van der Waals surface area contributed by atoms with Crippen LogP contribution in [0.1, 0.15) is 43.6 Å². The number of thiazole rings is 1. The number of hydrogen-bond donors (Lipinski definition) is 1. The molecule has 3 nitrogen and oxygen atoms in total. The van der Waals surface area contributed by atoms with Crippen molar-refractivity contribution < 1.29 is 4.74 Å². The monoisotopic (exact) mass is 242 g/mol. The minimum absolute atomic E-state index is 0.216. The van der Waals surface area contributed by atoms with Crippen molar-refractivity contribution in [3.8, 4) is 0 Å². The average Bonchev–Trinajstić information content (AvgIpc) is 2.76. The van der Waals surface area contributed by atoms with E-state index >= 15 is 0 Å². The van der Waals surface area contributed by atoms with Gasteiger partial charge in [0.25, 0.3) is 0 Å². The van der Waals surface area contributed by atoms with Gasteiger partial charge in [-0.1, -0.05) is 6.92 Å². The van der Waals surface area contributed by atoms with Crippen LogP contribution < -0.4 is 5.32 Å². The van der Waals surface area contributed by atoms with Crippen LogP contribution in [0.5, 0.6) is 0 Å². The second kappa shape index (κ2) is 6.33. The van der Waals surface area contributed by atoms with E-state index in [1.165, 1.54) is 4.88 Å². The van der Waals surface area contributed by atoms with Crippen LogP contribution in [0, 0.1) is 0 Å². The van der Waals surface area contributed by atoms with Gasteiger partial charge in [0, 0.05) is 24.2 Å². The summed E-state index contributed by atoms with van der Waals surface area (Å²) in [5.41, 5.74) is 0. The molecule has 0 aliphatic rings. The maximum absolute atomic E-state index is 5.30. The van der Waals surface area contributed by atoms with Gasteiger partial charge in [-0.15, -0.1) is 11.3 Å². The molecule has 3 atom stereocenters. The van der Waals surface area contributed by atoms with Crippen molar-refractivity contribution in [2.75, 3.05) is 7.11 Å². The second-order valence-electron chi connectivity index (χ2n) is 4.14. The van der Waals surface area contributed by atoms with Gasteiger partial charge in [-0.2, -0.15) is 0 Å². The first-order valence-electron chi connectivity index (χ1n) is 5.81. The van der Waals surface area contributed by atoms with E-state index < -0.39 is 0 Å². The van der Waals surface area contributed by atoms with Crippen molar-refractivity contribution in [2.45, 2.75) is 52.3 Å². The second-order valence-corrected chi connectivity index (χ2v) is 5.28. The first-order chi connectivity index (χ1) is 7.58. The highest BCUT2D eigenvalue weighted by Crippen LogP contribution is 2.21. The Bertz CT molecular complexity index is 314. The molecule has 0 aromatic carbocycles. The fourth-order valence-electron chi connectivity index (χ4n) is 1.49. The molecule has 1 N–H and O–H groups in total. The molecule has 0 fully saturated rings. The molecular weight excluding hydrogens is 220 g/mol. The van der Waals surface area contributed by atoms with E-state index in [2.05, 4.69) is 38.0 Å². The lowest BCUT2D eigenvalue weighted by molar-refractivity contribution is 0.0852. The van der Waals surface area contributed by atoms with Gasteiger partial charge in [0.1, 0.15) is 5.01 Å². The molecule has 16 heavy (non-hydrogen) atoms. The highest BCUT2D eigenvalue weighted by Gasteiger charge is 2.16. The van der Waals surface area contributed by atoms with Crippen molar-refractivity contribution in [3.05, 3.63) is 16.1 Å². The SMILES string of the molecule is CCc1cnc(C(C)NC(C)C(C)OC)s1. The third-order valence-electron chi connectivity index (χ3n) is 2.88. The summed E-state index contributed by atoms with van der Waals surface area (Å²) >= 11 is 1.79. The Morgan fingerprint density at radius 2 is 2.12 bits per heavy atom. The smallest absolute Gasteiger partial charge is 0.109 e.